The fourth-order valence-electron chi connectivity index (χ4n) is 10.5. The van der Waals surface area contributed by atoms with E-state index in [4.69, 9.17) is 96.2 Å². The van der Waals surface area contributed by atoms with Crippen LogP contribution in [0.3, 0.4) is 0 Å². The van der Waals surface area contributed by atoms with E-state index in [9.17, 15) is 38.4 Å². The molecule has 0 N–H and O–H groups in total. The summed E-state index contributed by atoms with van der Waals surface area (Å²) >= 11 is 0. The first kappa shape index (κ1) is 74.6. The maximum Gasteiger partial charge on any atom is 3.00 e. The zero-order chi connectivity index (χ0) is 69.2. The van der Waals surface area contributed by atoms with Crippen LogP contribution in [0.25, 0.3) is 68.6 Å². The van der Waals surface area contributed by atoms with Crippen LogP contribution in [0.15, 0.2) is 84.9 Å². The van der Waals surface area contributed by atoms with Crippen LogP contribution in [-0.4, -0.2) is 165 Å². The second kappa shape index (κ2) is 35.3. The molecule has 7 heterocycles. The average Bonchev–Trinajstić information content (AvgIpc) is 1.12. The van der Waals surface area contributed by atoms with E-state index in [2.05, 4.69) is 0 Å². The molecule has 4 aliphatic rings. The van der Waals surface area contributed by atoms with Gasteiger partial charge in [-0.3, -0.25) is 38.4 Å². The van der Waals surface area contributed by atoms with Gasteiger partial charge in [-0.1, -0.05) is 60.7 Å². The number of fused-ring (bicyclic) bond motifs is 8. The summed E-state index contributed by atoms with van der Waals surface area (Å²) in [4.78, 5) is 126. The molecule has 9 rings (SSSR count). The van der Waals surface area contributed by atoms with E-state index >= 15 is 0 Å². The summed E-state index contributed by atoms with van der Waals surface area (Å²) in [5.41, 5.74) is 8.52. The van der Waals surface area contributed by atoms with Crippen LogP contribution in [0.5, 0.6) is 11.5 Å². The van der Waals surface area contributed by atoms with Crippen LogP contribution in [0, 0.1) is 0 Å². The van der Waals surface area contributed by atoms with Crippen LogP contribution in [0.4, 0.5) is 0 Å². The van der Waals surface area contributed by atoms with Gasteiger partial charge in [-0.15, -0.1) is 22.1 Å². The molecule has 0 saturated carbocycles. The average molecular weight is 1380 g/mol. The molecule has 10 atom stereocenters. The number of ether oxygens (including phenoxy) is 14. The van der Waals surface area contributed by atoms with Crippen LogP contribution in [0.1, 0.15) is 97.9 Å². The summed E-state index contributed by atoms with van der Waals surface area (Å²) < 4.78 is 79.5. The largest absolute Gasteiger partial charge is 3.00 e. The number of aromatic nitrogens is 4. The summed E-state index contributed by atoms with van der Waals surface area (Å²) in [7, 11) is 0. The van der Waals surface area contributed by atoms with E-state index in [1.165, 1.54) is 13.8 Å². The molecule has 514 valence electrons. The molecule has 0 unspecified atom stereocenters. The third-order valence-corrected chi connectivity index (χ3v) is 14.1. The number of hydrogen-bond acceptors (Lipinski definition) is 26. The van der Waals surface area contributed by atoms with Crippen molar-refractivity contribution in [3.05, 3.63) is 108 Å². The molecule has 8 bridgehead atoms. The smallest absolute Gasteiger partial charge is 0.657 e. The number of carbonyl (C=O) groups is 9. The summed E-state index contributed by atoms with van der Waals surface area (Å²) in [6.07, 6.45) is -4.64. The molecule has 3 aromatic heterocycles. The molecule has 2 fully saturated rings. The van der Waals surface area contributed by atoms with Crippen molar-refractivity contribution in [3.63, 3.8) is 0 Å². The molecular formula is C68H71MnN4O24. The third kappa shape index (κ3) is 21.6. The summed E-state index contributed by atoms with van der Waals surface area (Å²) in [5.74, 6) is -5.73. The van der Waals surface area contributed by atoms with Crippen molar-refractivity contribution in [2.75, 3.05) is 39.6 Å². The Balaban J connectivity index is 0.00000258. The molecule has 28 nitrogen and oxygen atoms in total. The third-order valence-electron chi connectivity index (χ3n) is 14.1. The molecule has 5 aromatic rings. The van der Waals surface area contributed by atoms with E-state index in [0.29, 0.717) is 69.2 Å². The van der Waals surface area contributed by atoms with Gasteiger partial charge >= 0.3 is 64.8 Å². The maximum atomic E-state index is 12.3. The van der Waals surface area contributed by atoms with Crippen molar-refractivity contribution in [3.8, 4) is 33.8 Å². The van der Waals surface area contributed by atoms with E-state index in [1.807, 2.05) is 109 Å². The molecule has 0 aliphatic carbocycles. The number of benzene rings is 2. The van der Waals surface area contributed by atoms with Crippen molar-refractivity contribution in [1.82, 2.24) is 19.9 Å². The Morgan fingerprint density at radius 2 is 0.753 bits per heavy atom. The zero-order valence-electron chi connectivity index (χ0n) is 54.3. The molecule has 2 saturated heterocycles. The van der Waals surface area contributed by atoms with Crippen LogP contribution in [-0.2, 0) is 117 Å². The van der Waals surface area contributed by atoms with Gasteiger partial charge in [0.1, 0.15) is 36.9 Å². The predicted octanol–water partition coefficient (Wildman–Crippen LogP) is 5.74. The second-order valence-corrected chi connectivity index (χ2v) is 21.9. The van der Waals surface area contributed by atoms with Crippen LogP contribution < -0.4 is 24.5 Å². The Morgan fingerprint density at radius 3 is 1.08 bits per heavy atom. The predicted molar refractivity (Wildman–Crippen MR) is 334 cm³/mol. The number of carboxylic acids is 1. The van der Waals surface area contributed by atoms with Gasteiger partial charge in [-0.25, -0.2) is 9.97 Å². The molecule has 0 radical (unpaired) electrons. The van der Waals surface area contributed by atoms with Gasteiger partial charge in [0.25, 0.3) is 0 Å². The SMILES string of the molecule is CC(=O)OC[C@@H]1O[C@H](OCCCOc2ccc(-c3c4nc(cc5ccc([n-]5)c(-c5ccc(OCCCO[C@@H]6O[C@H](COC(C)=O)[C@@H](OC(C)=O)[C@H](OC(C)=O)[C@H]6OC(C)=O)cc5)c5nc(cc6ccc3[n-]6)C=C5)C=C4)cc2)[C@@H](OC(C)=O)[C@H](OC(C)=O)[C@H]1OC(C)=O.CC(=O)[O-].[Mn+3]. The summed E-state index contributed by atoms with van der Waals surface area (Å²) in [6, 6.07) is 26.4. The van der Waals surface area contributed by atoms with Crippen LogP contribution in [0.2, 0.25) is 0 Å². The molecule has 97 heavy (non-hydrogen) atoms. The van der Waals surface area contributed by atoms with Crippen molar-refractivity contribution in [2.45, 2.75) is 137 Å². The maximum absolute atomic E-state index is 12.3. The minimum absolute atomic E-state index is 0. The molecule has 0 spiro atoms. The van der Waals surface area contributed by atoms with Gasteiger partial charge < -0.3 is 86.2 Å². The Bertz CT molecular complexity index is 3640. The van der Waals surface area contributed by atoms with Gasteiger partial charge in [0.05, 0.1) is 49.2 Å². The normalized spacial score (nSPS) is 20.6. The van der Waals surface area contributed by atoms with E-state index in [-0.39, 0.29) is 56.7 Å². The van der Waals surface area contributed by atoms with Crippen molar-refractivity contribution >= 4 is 100 Å². The first-order valence-corrected chi connectivity index (χ1v) is 30.4. The minimum atomic E-state index is -1.36. The quantitative estimate of drug-likeness (QED) is 0.0301. The van der Waals surface area contributed by atoms with Gasteiger partial charge in [0.15, 0.2) is 49.2 Å². The zero-order valence-corrected chi connectivity index (χ0v) is 55.5. The van der Waals surface area contributed by atoms with Gasteiger partial charge in [-0.2, -0.15) is 0 Å². The number of esters is 8. The Morgan fingerprint density at radius 1 is 0.423 bits per heavy atom. The topological polar surface area (TPSA) is 360 Å². The molecule has 29 heteroatoms. The van der Waals surface area contributed by atoms with Gasteiger partial charge in [-0.05, 0) is 77.7 Å². The monoisotopic (exact) mass is 1380 g/mol. The van der Waals surface area contributed by atoms with E-state index < -0.39 is 115 Å². The number of hydrogen-bond donors (Lipinski definition) is 0. The van der Waals surface area contributed by atoms with Crippen LogP contribution >= 0.6 is 0 Å². The Kier molecular flexibility index (Phi) is 27.1. The van der Waals surface area contributed by atoms with E-state index in [0.717, 1.165) is 70.7 Å². The summed E-state index contributed by atoms with van der Waals surface area (Å²) in [6.45, 7) is 9.86. The van der Waals surface area contributed by atoms with Gasteiger partial charge in [0, 0.05) is 74.2 Å². The standard InChI is InChI=1S/C66H68N4O22.C2H4O2.Mn/c1-35(71)83-33-55-59(85-37(3)73)61(87-39(5)75)63(89-41(7)77)65(91-55)81-29-9-27-79-49-19-11-43(12-20-49)57-51-23-15-45(67-51)31-47-17-25-53(69-47)58(54-26-18-48(70-54)32-46-16-24-52(57)68-46)44-13-21-50(22-14-44)80-28-10-30-82-66-64(90-42(8)78)62(88-40(6)76)60(86-38(4)74)56(92-66)34-84-36(2)72;1-2(3)4;/h11-26,31-32,55-56,59-66H,9-10,27-30,33-34H2,1-8H3;1H3,(H,3,4);/q-2;;+3/p-1/t55-,56+,59-,60+,61+,62-,63-,64+,65-,66+;;. The Hall–Kier alpha value is -9.77. The second-order valence-electron chi connectivity index (χ2n) is 21.9. The Labute approximate surface area is 566 Å². The number of aliphatic carboxylic acids is 1. The molecular weight excluding hydrogens is 1310 g/mol. The van der Waals surface area contributed by atoms with Crippen molar-refractivity contribution < 1.29 is 132 Å². The van der Waals surface area contributed by atoms with Crippen molar-refractivity contribution in [1.29, 1.82) is 0 Å². The first-order chi connectivity index (χ1) is 45.9. The fraction of sp³-hybridized carbons (Fsp3) is 0.397. The fourth-order valence-corrected chi connectivity index (χ4v) is 10.5. The van der Waals surface area contributed by atoms with E-state index in [1.54, 1.807) is 0 Å². The first-order valence-electron chi connectivity index (χ1n) is 30.4. The molecule has 0 amide bonds. The number of carbonyl (C=O) groups excluding carboxylic acids is 9. The number of nitrogens with zero attached hydrogens (tertiary/aromatic N) is 4. The number of rotatable bonds is 24. The minimum Gasteiger partial charge on any atom is -0.657 e. The molecule has 2 aromatic carbocycles. The van der Waals surface area contributed by atoms with Gasteiger partial charge in [0.2, 0.25) is 0 Å². The van der Waals surface area contributed by atoms with Crippen molar-refractivity contribution in [2.24, 2.45) is 0 Å². The number of carboxylic acid groups (broad SMARTS) is 1. The molecule has 4 aliphatic heterocycles. The summed E-state index contributed by atoms with van der Waals surface area (Å²) in [5, 5.41) is 8.89.